The lowest BCUT2D eigenvalue weighted by molar-refractivity contribution is -0.138. The third kappa shape index (κ3) is 4.12. The molecule has 80 valence electrons. The van der Waals surface area contributed by atoms with Crippen molar-refractivity contribution in [1.82, 2.24) is 4.90 Å². The fraction of sp³-hybridized carbons (Fsp3) is 0.545. The molecule has 1 amide bonds. The van der Waals surface area contributed by atoms with Gasteiger partial charge in [-0.2, -0.15) is 0 Å². The Bertz CT molecular complexity index is 223. The fourth-order valence-electron chi connectivity index (χ4n) is 0.978. The first-order chi connectivity index (χ1) is 6.52. The van der Waals surface area contributed by atoms with Gasteiger partial charge in [0.1, 0.15) is 0 Å². The molecule has 0 aliphatic rings. The number of carbonyl (C=O) groups is 1. The van der Waals surface area contributed by atoms with E-state index in [1.165, 1.54) is 0 Å². The largest absolute Gasteiger partial charge is 0.486 e. The molecule has 3 nitrogen and oxygen atoms in total. The van der Waals surface area contributed by atoms with Crippen molar-refractivity contribution in [2.24, 2.45) is 0 Å². The molecule has 3 heteroatoms. The smallest absolute Gasteiger partial charge is 0.263 e. The minimum atomic E-state index is -0.465. The summed E-state index contributed by atoms with van der Waals surface area (Å²) in [7, 11) is 1.72. The Kier molecular flexibility index (Phi) is 5.68. The van der Waals surface area contributed by atoms with Crippen LogP contribution >= 0.6 is 0 Å². The molecule has 0 heterocycles. The summed E-state index contributed by atoms with van der Waals surface area (Å²) in [5.74, 6) is 0.581. The van der Waals surface area contributed by atoms with Crippen LogP contribution in [0.1, 0.15) is 20.3 Å². The zero-order valence-electron chi connectivity index (χ0n) is 9.25. The third-order valence-electron chi connectivity index (χ3n) is 1.86. The Morgan fingerprint density at radius 2 is 2.21 bits per heavy atom. The van der Waals surface area contributed by atoms with Crippen molar-refractivity contribution in [3.05, 3.63) is 25.0 Å². The first-order valence-electron chi connectivity index (χ1n) is 4.73. The van der Waals surface area contributed by atoms with E-state index in [4.69, 9.17) is 4.74 Å². The van der Waals surface area contributed by atoms with E-state index < -0.39 is 6.10 Å². The van der Waals surface area contributed by atoms with Gasteiger partial charge < -0.3 is 9.64 Å². The van der Waals surface area contributed by atoms with Gasteiger partial charge in [0.05, 0.1) is 5.76 Å². The number of hydrogen-bond donors (Lipinski definition) is 0. The summed E-state index contributed by atoms with van der Waals surface area (Å²) < 4.78 is 5.31. The number of allylic oxidation sites excluding steroid dienone is 1. The molecule has 0 N–H and O–H groups in total. The maximum atomic E-state index is 11.6. The topological polar surface area (TPSA) is 29.5 Å². The average Bonchev–Trinajstić information content (AvgIpc) is 2.16. The number of hydrogen-bond acceptors (Lipinski definition) is 2. The molecule has 0 aliphatic carbocycles. The number of rotatable bonds is 6. The average molecular weight is 197 g/mol. The molecule has 0 aliphatic heterocycles. The Morgan fingerprint density at radius 1 is 1.64 bits per heavy atom. The van der Waals surface area contributed by atoms with Crippen LogP contribution in [-0.2, 0) is 9.53 Å². The normalized spacial score (nSPS) is 11.6. The summed E-state index contributed by atoms with van der Waals surface area (Å²) in [5, 5.41) is 0. The highest BCUT2D eigenvalue weighted by Gasteiger charge is 2.17. The minimum absolute atomic E-state index is 0.0560. The molecule has 0 fully saturated rings. The highest BCUT2D eigenvalue weighted by molar-refractivity contribution is 5.80. The molecule has 0 saturated heterocycles. The quantitative estimate of drug-likeness (QED) is 0.481. The van der Waals surface area contributed by atoms with Crippen LogP contribution < -0.4 is 0 Å². The summed E-state index contributed by atoms with van der Waals surface area (Å²) >= 11 is 0. The van der Waals surface area contributed by atoms with Gasteiger partial charge in [-0.25, -0.2) is 0 Å². The molecule has 1 unspecified atom stereocenters. The van der Waals surface area contributed by atoms with E-state index in [0.29, 0.717) is 12.3 Å². The van der Waals surface area contributed by atoms with Gasteiger partial charge in [0.25, 0.3) is 5.91 Å². The van der Waals surface area contributed by atoms with Crippen LogP contribution in [0, 0.1) is 0 Å². The number of likely N-dealkylation sites (N-methyl/N-ethyl adjacent to an activating group) is 1. The SMILES string of the molecule is C=CCN(C)C(=O)C(C)OC(=C)CC. The lowest BCUT2D eigenvalue weighted by atomic mass is 10.3. The van der Waals surface area contributed by atoms with Crippen LogP contribution in [0.3, 0.4) is 0 Å². The van der Waals surface area contributed by atoms with E-state index in [-0.39, 0.29) is 5.91 Å². The number of ether oxygens (including phenoxy) is 1. The van der Waals surface area contributed by atoms with E-state index in [0.717, 1.165) is 6.42 Å². The standard InChI is InChI=1S/C11H19NO2/c1-6-8-12(5)11(13)10(4)14-9(3)7-2/h6,10H,1,3,7-8H2,2,4-5H3. The summed E-state index contributed by atoms with van der Waals surface area (Å²) in [6.45, 7) is 11.5. The van der Waals surface area contributed by atoms with Crippen molar-refractivity contribution in [2.45, 2.75) is 26.4 Å². The lowest BCUT2D eigenvalue weighted by Gasteiger charge is -2.21. The highest BCUT2D eigenvalue weighted by atomic mass is 16.5. The van der Waals surface area contributed by atoms with Gasteiger partial charge in [0.2, 0.25) is 0 Å². The number of amides is 1. The Labute approximate surface area is 86.0 Å². The molecule has 0 bridgehead atoms. The van der Waals surface area contributed by atoms with E-state index in [1.807, 2.05) is 6.92 Å². The van der Waals surface area contributed by atoms with Gasteiger partial charge in [0.15, 0.2) is 6.10 Å². The molecule has 0 spiro atoms. The molecule has 14 heavy (non-hydrogen) atoms. The van der Waals surface area contributed by atoms with E-state index in [9.17, 15) is 4.79 Å². The Hall–Kier alpha value is -1.25. The zero-order chi connectivity index (χ0) is 11.1. The number of carbonyl (C=O) groups excluding carboxylic acids is 1. The van der Waals surface area contributed by atoms with Crippen molar-refractivity contribution in [3.8, 4) is 0 Å². The van der Waals surface area contributed by atoms with Crippen LogP contribution in [-0.4, -0.2) is 30.5 Å². The fourth-order valence-corrected chi connectivity index (χ4v) is 0.978. The second-order valence-electron chi connectivity index (χ2n) is 3.16. The second kappa shape index (κ2) is 6.24. The first kappa shape index (κ1) is 12.8. The Morgan fingerprint density at radius 3 is 2.64 bits per heavy atom. The maximum Gasteiger partial charge on any atom is 0.263 e. The second-order valence-corrected chi connectivity index (χ2v) is 3.16. The van der Waals surface area contributed by atoms with Crippen LogP contribution in [0.15, 0.2) is 25.0 Å². The molecule has 0 aromatic heterocycles. The third-order valence-corrected chi connectivity index (χ3v) is 1.86. The monoisotopic (exact) mass is 197 g/mol. The molecule has 0 radical (unpaired) electrons. The summed E-state index contributed by atoms with van der Waals surface area (Å²) in [6, 6.07) is 0. The minimum Gasteiger partial charge on any atom is -0.486 e. The van der Waals surface area contributed by atoms with Crippen molar-refractivity contribution < 1.29 is 9.53 Å². The van der Waals surface area contributed by atoms with Gasteiger partial charge in [0, 0.05) is 20.0 Å². The summed E-state index contributed by atoms with van der Waals surface area (Å²) in [6.07, 6.45) is 1.94. The van der Waals surface area contributed by atoms with Crippen LogP contribution in [0.25, 0.3) is 0 Å². The van der Waals surface area contributed by atoms with Gasteiger partial charge in [-0.1, -0.05) is 19.6 Å². The predicted molar refractivity (Wildman–Crippen MR) is 57.8 cm³/mol. The Balaban J connectivity index is 4.10. The summed E-state index contributed by atoms with van der Waals surface area (Å²) in [5.41, 5.74) is 0. The molecule has 0 aromatic carbocycles. The van der Waals surface area contributed by atoms with Gasteiger partial charge in [-0.3, -0.25) is 4.79 Å². The van der Waals surface area contributed by atoms with Crippen LogP contribution in [0.2, 0.25) is 0 Å². The summed E-state index contributed by atoms with van der Waals surface area (Å²) in [4.78, 5) is 13.2. The lowest BCUT2D eigenvalue weighted by Crippen LogP contribution is -2.36. The van der Waals surface area contributed by atoms with Crippen LogP contribution in [0.5, 0.6) is 0 Å². The van der Waals surface area contributed by atoms with Gasteiger partial charge in [-0.05, 0) is 6.92 Å². The zero-order valence-corrected chi connectivity index (χ0v) is 9.25. The molecule has 1 atom stereocenters. The maximum absolute atomic E-state index is 11.6. The molecular weight excluding hydrogens is 178 g/mol. The van der Waals surface area contributed by atoms with Crippen molar-refractivity contribution >= 4 is 5.91 Å². The molecule has 0 saturated carbocycles. The van der Waals surface area contributed by atoms with Crippen molar-refractivity contribution in [2.75, 3.05) is 13.6 Å². The molecule has 0 rings (SSSR count). The van der Waals surface area contributed by atoms with Crippen molar-refractivity contribution in [1.29, 1.82) is 0 Å². The van der Waals surface area contributed by atoms with E-state index >= 15 is 0 Å². The molecular formula is C11H19NO2. The van der Waals surface area contributed by atoms with Gasteiger partial charge in [-0.15, -0.1) is 6.58 Å². The first-order valence-corrected chi connectivity index (χ1v) is 4.73. The highest BCUT2D eigenvalue weighted by Crippen LogP contribution is 2.06. The van der Waals surface area contributed by atoms with Crippen molar-refractivity contribution in [3.63, 3.8) is 0 Å². The van der Waals surface area contributed by atoms with Crippen LogP contribution in [0.4, 0.5) is 0 Å². The van der Waals surface area contributed by atoms with Gasteiger partial charge >= 0.3 is 0 Å². The molecule has 0 aromatic rings. The predicted octanol–water partition coefficient (Wildman–Crippen LogP) is 1.96. The van der Waals surface area contributed by atoms with E-state index in [1.54, 1.807) is 24.9 Å². The number of nitrogens with zero attached hydrogens (tertiary/aromatic N) is 1. The van der Waals surface area contributed by atoms with E-state index in [2.05, 4.69) is 13.2 Å².